The Labute approximate surface area is 112 Å². The van der Waals surface area contributed by atoms with Gasteiger partial charge in [0.15, 0.2) is 0 Å². The van der Waals surface area contributed by atoms with Crippen LogP contribution in [0.15, 0.2) is 24.3 Å². The van der Waals surface area contributed by atoms with Gasteiger partial charge in [0.05, 0.1) is 10.8 Å². The smallest absolute Gasteiger partial charge is 0.127 e. The van der Waals surface area contributed by atoms with Crippen LogP contribution in [0.4, 0.5) is 0 Å². The Bertz CT molecular complexity index is 412. The maximum absolute atomic E-state index is 6.57. The standard InChI is InChI=1S/C14H16Cl2O/c15-12-10-6-2-3-7-11(10)17-14(13(12)16)8-4-1-5-9-14/h2-3,6-7,12-13H,1,4-5,8-9H2/t12-,13-/m0/s1. The highest BCUT2D eigenvalue weighted by molar-refractivity contribution is 6.31. The Hall–Kier alpha value is -0.400. The molecule has 0 N–H and O–H groups in total. The van der Waals surface area contributed by atoms with Gasteiger partial charge in [0.25, 0.3) is 0 Å². The zero-order valence-corrected chi connectivity index (χ0v) is 11.2. The monoisotopic (exact) mass is 270 g/mol. The van der Waals surface area contributed by atoms with Gasteiger partial charge in [-0.3, -0.25) is 0 Å². The third-order valence-corrected chi connectivity index (χ3v) is 5.25. The summed E-state index contributed by atoms with van der Waals surface area (Å²) in [4.78, 5) is 0. The first-order valence-corrected chi connectivity index (χ1v) is 7.16. The average Bonchev–Trinajstić information content (AvgIpc) is 2.37. The lowest BCUT2D eigenvalue weighted by molar-refractivity contribution is 0.0131. The topological polar surface area (TPSA) is 9.23 Å². The fourth-order valence-corrected chi connectivity index (χ4v) is 3.84. The van der Waals surface area contributed by atoms with Crippen LogP contribution in [0.3, 0.4) is 0 Å². The van der Waals surface area contributed by atoms with Gasteiger partial charge in [-0.15, -0.1) is 23.2 Å². The van der Waals surface area contributed by atoms with Crippen molar-refractivity contribution in [2.75, 3.05) is 0 Å². The number of rotatable bonds is 0. The lowest BCUT2D eigenvalue weighted by atomic mass is 9.78. The molecule has 1 spiro atoms. The van der Waals surface area contributed by atoms with Gasteiger partial charge in [0.2, 0.25) is 0 Å². The molecule has 0 bridgehead atoms. The van der Waals surface area contributed by atoms with E-state index in [2.05, 4.69) is 0 Å². The zero-order chi connectivity index (χ0) is 11.9. The second-order valence-corrected chi connectivity index (χ2v) is 6.01. The number of halogens is 2. The van der Waals surface area contributed by atoms with E-state index < -0.39 is 0 Å². The van der Waals surface area contributed by atoms with Gasteiger partial charge in [-0.05, 0) is 31.7 Å². The van der Waals surface area contributed by atoms with Crippen LogP contribution in [0.1, 0.15) is 43.0 Å². The van der Waals surface area contributed by atoms with Crippen LogP contribution < -0.4 is 4.74 Å². The Morgan fingerprint density at radius 1 is 1.06 bits per heavy atom. The maximum Gasteiger partial charge on any atom is 0.127 e. The molecule has 17 heavy (non-hydrogen) atoms. The van der Waals surface area contributed by atoms with Crippen molar-refractivity contribution in [3.63, 3.8) is 0 Å². The number of ether oxygens (including phenoxy) is 1. The summed E-state index contributed by atoms with van der Waals surface area (Å²) in [6.07, 6.45) is 5.71. The van der Waals surface area contributed by atoms with Crippen molar-refractivity contribution < 1.29 is 4.74 Å². The van der Waals surface area contributed by atoms with Crippen LogP contribution in [0.2, 0.25) is 0 Å². The predicted octanol–water partition coefficient (Wildman–Crippen LogP) is 4.67. The average molecular weight is 271 g/mol. The molecule has 0 unspecified atom stereocenters. The Kier molecular flexibility index (Phi) is 3.00. The van der Waals surface area contributed by atoms with Crippen molar-refractivity contribution >= 4 is 23.2 Å². The van der Waals surface area contributed by atoms with Crippen molar-refractivity contribution in [2.45, 2.75) is 48.5 Å². The third-order valence-electron chi connectivity index (χ3n) is 3.99. The van der Waals surface area contributed by atoms with Gasteiger partial charge >= 0.3 is 0 Å². The molecule has 3 rings (SSSR count). The van der Waals surface area contributed by atoms with E-state index >= 15 is 0 Å². The van der Waals surface area contributed by atoms with Crippen LogP contribution in [-0.4, -0.2) is 11.0 Å². The molecular formula is C14H16Cl2O. The number of hydrogen-bond acceptors (Lipinski definition) is 1. The molecule has 1 saturated carbocycles. The molecule has 1 aromatic carbocycles. The minimum atomic E-state index is -0.236. The molecule has 1 aliphatic carbocycles. The summed E-state index contributed by atoms with van der Waals surface area (Å²) in [7, 11) is 0. The summed E-state index contributed by atoms with van der Waals surface area (Å²) < 4.78 is 6.23. The largest absolute Gasteiger partial charge is 0.485 e. The van der Waals surface area contributed by atoms with Gasteiger partial charge in [-0.25, -0.2) is 0 Å². The summed E-state index contributed by atoms with van der Waals surface area (Å²) >= 11 is 13.1. The molecule has 0 saturated heterocycles. The van der Waals surface area contributed by atoms with Crippen LogP contribution >= 0.6 is 23.2 Å². The molecule has 1 nitrogen and oxygen atoms in total. The minimum Gasteiger partial charge on any atom is -0.485 e. The van der Waals surface area contributed by atoms with Gasteiger partial charge < -0.3 is 4.74 Å². The molecular weight excluding hydrogens is 255 g/mol. The Morgan fingerprint density at radius 3 is 2.53 bits per heavy atom. The highest BCUT2D eigenvalue weighted by atomic mass is 35.5. The molecule has 0 amide bonds. The summed E-state index contributed by atoms with van der Waals surface area (Å²) in [5.74, 6) is 0.923. The predicted molar refractivity (Wildman–Crippen MR) is 71.1 cm³/mol. The van der Waals surface area contributed by atoms with Crippen molar-refractivity contribution in [1.82, 2.24) is 0 Å². The first kappa shape index (κ1) is 11.7. The number of fused-ring (bicyclic) bond motifs is 1. The number of alkyl halides is 2. The summed E-state index contributed by atoms with van der Waals surface area (Å²) in [6, 6.07) is 8.00. The second kappa shape index (κ2) is 4.37. The number of para-hydroxylation sites is 1. The van der Waals surface area contributed by atoms with E-state index in [1.807, 2.05) is 24.3 Å². The molecule has 3 heteroatoms. The number of hydrogen-bond donors (Lipinski definition) is 0. The van der Waals surface area contributed by atoms with Crippen molar-refractivity contribution in [3.05, 3.63) is 29.8 Å². The summed E-state index contributed by atoms with van der Waals surface area (Å²) in [5.41, 5.74) is 0.797. The van der Waals surface area contributed by atoms with Gasteiger partial charge in [-0.2, -0.15) is 0 Å². The van der Waals surface area contributed by atoms with E-state index in [4.69, 9.17) is 27.9 Å². The highest BCUT2D eigenvalue weighted by Gasteiger charge is 2.48. The van der Waals surface area contributed by atoms with Gasteiger partial charge in [0, 0.05) is 5.56 Å². The first-order valence-electron chi connectivity index (χ1n) is 6.29. The lowest BCUT2D eigenvalue weighted by Crippen LogP contribution is -2.50. The Balaban J connectivity index is 2.00. The quantitative estimate of drug-likeness (QED) is 0.623. The normalized spacial score (nSPS) is 30.7. The minimum absolute atomic E-state index is 0.126. The lowest BCUT2D eigenvalue weighted by Gasteiger charge is -2.46. The fourth-order valence-electron chi connectivity index (χ4n) is 3.03. The molecule has 92 valence electrons. The van der Waals surface area contributed by atoms with E-state index in [9.17, 15) is 0 Å². The zero-order valence-electron chi connectivity index (χ0n) is 9.66. The SMILES string of the molecule is Cl[C@H]1c2ccccc2OC2(CCCCC2)[C@H]1Cl. The highest BCUT2D eigenvalue weighted by Crippen LogP contribution is 2.50. The van der Waals surface area contributed by atoms with Crippen LogP contribution in [0.25, 0.3) is 0 Å². The van der Waals surface area contributed by atoms with Crippen LogP contribution in [-0.2, 0) is 0 Å². The molecule has 1 fully saturated rings. The van der Waals surface area contributed by atoms with E-state index in [-0.39, 0.29) is 16.4 Å². The van der Waals surface area contributed by atoms with Gasteiger partial charge in [-0.1, -0.05) is 24.6 Å². The first-order chi connectivity index (χ1) is 8.23. The molecule has 0 aromatic heterocycles. The van der Waals surface area contributed by atoms with E-state index in [1.54, 1.807) is 0 Å². The molecule has 2 atom stereocenters. The second-order valence-electron chi connectivity index (χ2n) is 5.07. The van der Waals surface area contributed by atoms with Gasteiger partial charge in [0.1, 0.15) is 11.4 Å². The molecule has 2 aliphatic rings. The Morgan fingerprint density at radius 2 is 1.76 bits per heavy atom. The molecule has 1 aliphatic heterocycles. The third kappa shape index (κ3) is 1.84. The summed E-state index contributed by atoms with van der Waals surface area (Å²) in [5, 5.41) is -0.265. The van der Waals surface area contributed by atoms with E-state index in [0.29, 0.717) is 0 Å². The maximum atomic E-state index is 6.57. The summed E-state index contributed by atoms with van der Waals surface area (Å²) in [6.45, 7) is 0. The van der Waals surface area contributed by atoms with E-state index in [0.717, 1.165) is 24.2 Å². The number of benzene rings is 1. The van der Waals surface area contributed by atoms with Crippen molar-refractivity contribution in [2.24, 2.45) is 0 Å². The van der Waals surface area contributed by atoms with Crippen LogP contribution in [0, 0.1) is 0 Å². The van der Waals surface area contributed by atoms with Crippen molar-refractivity contribution in [3.8, 4) is 5.75 Å². The van der Waals surface area contributed by atoms with Crippen LogP contribution in [0.5, 0.6) is 5.75 Å². The molecule has 0 radical (unpaired) electrons. The van der Waals surface area contributed by atoms with E-state index in [1.165, 1.54) is 19.3 Å². The fraction of sp³-hybridized carbons (Fsp3) is 0.571. The molecule has 1 aromatic rings. The molecule has 1 heterocycles. The van der Waals surface area contributed by atoms with Crippen molar-refractivity contribution in [1.29, 1.82) is 0 Å².